The monoisotopic (exact) mass is 610 g/mol. The van der Waals surface area contributed by atoms with Crippen LogP contribution in [0, 0.1) is 11.6 Å². The quantitative estimate of drug-likeness (QED) is 0.203. The molecule has 7 nitrogen and oxygen atoms in total. The molecule has 1 saturated heterocycles. The van der Waals surface area contributed by atoms with Gasteiger partial charge in [0.15, 0.2) is 0 Å². The Bertz CT molecular complexity index is 1870. The standard InChI is InChI=1S/C32H27F5N4O3/c1-31(2,20-7-9-22(33)10-8-20)30-38-29(39-44-30)24-18-41(17-19-3-5-21(6-4-19)32(35,36)37)26-16-27(40-11-13-43-14-12-40)25(34)15-23(26)28(24)42/h3-10,15-16,18H,11-14,17H2,1-2H3. The van der Waals surface area contributed by atoms with Crippen molar-refractivity contribution in [2.24, 2.45) is 0 Å². The molecule has 6 rings (SSSR count). The fourth-order valence-corrected chi connectivity index (χ4v) is 5.31. The number of anilines is 1. The van der Waals surface area contributed by atoms with Crippen LogP contribution in [0.5, 0.6) is 0 Å². The van der Waals surface area contributed by atoms with Crippen molar-refractivity contribution in [3.8, 4) is 11.4 Å². The molecule has 0 unspecified atom stereocenters. The summed E-state index contributed by atoms with van der Waals surface area (Å²) in [6, 6.07) is 13.3. The Morgan fingerprint density at radius 3 is 2.23 bits per heavy atom. The Morgan fingerprint density at radius 1 is 0.909 bits per heavy atom. The van der Waals surface area contributed by atoms with Gasteiger partial charge in [-0.05, 0) is 61.4 Å². The summed E-state index contributed by atoms with van der Waals surface area (Å²) in [6.45, 7) is 5.44. The largest absolute Gasteiger partial charge is 0.416 e. The zero-order chi connectivity index (χ0) is 31.2. The van der Waals surface area contributed by atoms with Crippen molar-refractivity contribution in [1.29, 1.82) is 0 Å². The summed E-state index contributed by atoms with van der Waals surface area (Å²) < 4.78 is 81.2. The maximum atomic E-state index is 15.5. The molecule has 12 heteroatoms. The maximum Gasteiger partial charge on any atom is 0.416 e. The fraction of sp³-hybridized carbons (Fsp3) is 0.281. The summed E-state index contributed by atoms with van der Waals surface area (Å²) in [5, 5.41) is 4.10. The van der Waals surface area contributed by atoms with Gasteiger partial charge in [-0.3, -0.25) is 4.79 Å². The predicted molar refractivity (Wildman–Crippen MR) is 154 cm³/mol. The van der Waals surface area contributed by atoms with Gasteiger partial charge in [-0.2, -0.15) is 18.2 Å². The molecule has 3 aromatic carbocycles. The summed E-state index contributed by atoms with van der Waals surface area (Å²) in [5.74, 6) is -0.867. The van der Waals surface area contributed by atoms with Crippen LogP contribution in [0.2, 0.25) is 0 Å². The molecule has 0 N–H and O–H groups in total. The van der Waals surface area contributed by atoms with E-state index in [9.17, 15) is 22.4 Å². The van der Waals surface area contributed by atoms with E-state index in [1.807, 2.05) is 18.7 Å². The molecule has 0 aliphatic carbocycles. The number of pyridine rings is 1. The minimum Gasteiger partial charge on any atom is -0.378 e. The highest BCUT2D eigenvalue weighted by molar-refractivity contribution is 5.86. The Morgan fingerprint density at radius 2 is 1.57 bits per heavy atom. The molecule has 228 valence electrons. The number of hydrogen-bond donors (Lipinski definition) is 0. The molecule has 1 aliphatic rings. The summed E-state index contributed by atoms with van der Waals surface area (Å²) in [4.78, 5) is 20.1. The first-order valence-corrected chi connectivity index (χ1v) is 13.9. The number of rotatable bonds is 6. The third-order valence-electron chi connectivity index (χ3n) is 7.90. The number of benzene rings is 3. The normalized spacial score (nSPS) is 14.4. The third-order valence-corrected chi connectivity index (χ3v) is 7.90. The number of aromatic nitrogens is 3. The Kier molecular flexibility index (Phi) is 7.48. The maximum absolute atomic E-state index is 15.5. The highest BCUT2D eigenvalue weighted by atomic mass is 19.4. The first-order chi connectivity index (χ1) is 20.9. The second-order valence-electron chi connectivity index (χ2n) is 11.2. The van der Waals surface area contributed by atoms with E-state index in [-0.39, 0.29) is 34.9 Å². The lowest BCUT2D eigenvalue weighted by Crippen LogP contribution is -2.36. The topological polar surface area (TPSA) is 73.4 Å². The van der Waals surface area contributed by atoms with Crippen molar-refractivity contribution in [2.45, 2.75) is 32.0 Å². The molecule has 1 aliphatic heterocycles. The van der Waals surface area contributed by atoms with E-state index in [0.717, 1.165) is 12.1 Å². The Hall–Kier alpha value is -4.58. The van der Waals surface area contributed by atoms with Crippen LogP contribution in [0.4, 0.5) is 27.6 Å². The summed E-state index contributed by atoms with van der Waals surface area (Å²) in [7, 11) is 0. The highest BCUT2D eigenvalue weighted by Gasteiger charge is 2.32. The van der Waals surface area contributed by atoms with E-state index < -0.39 is 34.2 Å². The Labute approximate surface area is 248 Å². The average Bonchev–Trinajstić information content (AvgIpc) is 3.50. The van der Waals surface area contributed by atoms with Crippen LogP contribution in [-0.4, -0.2) is 41.0 Å². The van der Waals surface area contributed by atoms with Gasteiger partial charge in [-0.25, -0.2) is 8.78 Å². The van der Waals surface area contributed by atoms with Crippen LogP contribution in [0.3, 0.4) is 0 Å². The molecule has 0 radical (unpaired) electrons. The van der Waals surface area contributed by atoms with Crippen molar-refractivity contribution in [3.63, 3.8) is 0 Å². The molecule has 1 fully saturated rings. The van der Waals surface area contributed by atoms with Crippen LogP contribution in [-0.2, 0) is 22.9 Å². The van der Waals surface area contributed by atoms with E-state index in [2.05, 4.69) is 10.1 Å². The first kappa shape index (κ1) is 29.5. The zero-order valence-corrected chi connectivity index (χ0v) is 23.8. The molecule has 0 atom stereocenters. The molecule has 3 heterocycles. The number of alkyl halides is 3. The molecule has 5 aromatic rings. The summed E-state index contributed by atoms with van der Waals surface area (Å²) >= 11 is 0. The lowest BCUT2D eigenvalue weighted by atomic mass is 9.84. The minimum atomic E-state index is -4.49. The number of fused-ring (bicyclic) bond motifs is 1. The van der Waals surface area contributed by atoms with Crippen molar-refractivity contribution < 1.29 is 31.2 Å². The van der Waals surface area contributed by atoms with E-state index >= 15 is 4.39 Å². The van der Waals surface area contributed by atoms with E-state index in [1.54, 1.807) is 22.8 Å². The number of halogens is 5. The van der Waals surface area contributed by atoms with Gasteiger partial charge >= 0.3 is 6.18 Å². The van der Waals surface area contributed by atoms with Crippen LogP contribution >= 0.6 is 0 Å². The minimum absolute atomic E-state index is 0.0211. The number of morpholine rings is 1. The van der Waals surface area contributed by atoms with Gasteiger partial charge in [-0.15, -0.1) is 0 Å². The summed E-state index contributed by atoms with van der Waals surface area (Å²) in [5.41, 5.74) is -0.243. The van der Waals surface area contributed by atoms with E-state index in [1.165, 1.54) is 36.5 Å². The Balaban J connectivity index is 1.47. The van der Waals surface area contributed by atoms with E-state index in [4.69, 9.17) is 9.26 Å². The first-order valence-electron chi connectivity index (χ1n) is 13.9. The molecular weight excluding hydrogens is 583 g/mol. The number of ether oxygens (including phenoxy) is 1. The third kappa shape index (κ3) is 5.57. The fourth-order valence-electron chi connectivity index (χ4n) is 5.31. The highest BCUT2D eigenvalue weighted by Crippen LogP contribution is 2.33. The molecule has 44 heavy (non-hydrogen) atoms. The molecule has 0 spiro atoms. The van der Waals surface area contributed by atoms with Crippen molar-refractivity contribution in [1.82, 2.24) is 14.7 Å². The van der Waals surface area contributed by atoms with Crippen LogP contribution in [0.15, 0.2) is 76.2 Å². The van der Waals surface area contributed by atoms with E-state index in [0.29, 0.717) is 42.9 Å². The lowest BCUT2D eigenvalue weighted by molar-refractivity contribution is -0.137. The van der Waals surface area contributed by atoms with Gasteiger partial charge in [0.1, 0.15) is 11.6 Å². The average molecular weight is 611 g/mol. The van der Waals surface area contributed by atoms with Crippen LogP contribution < -0.4 is 10.3 Å². The summed E-state index contributed by atoms with van der Waals surface area (Å²) in [6.07, 6.45) is -2.98. The second-order valence-corrected chi connectivity index (χ2v) is 11.2. The predicted octanol–water partition coefficient (Wildman–Crippen LogP) is 6.56. The van der Waals surface area contributed by atoms with Gasteiger partial charge < -0.3 is 18.7 Å². The molecular formula is C32H27F5N4O3. The van der Waals surface area contributed by atoms with Crippen LogP contribution in [0.1, 0.15) is 36.4 Å². The molecule has 0 bridgehead atoms. The van der Waals surface area contributed by atoms with Gasteiger partial charge in [0.25, 0.3) is 0 Å². The van der Waals surface area contributed by atoms with Crippen LogP contribution in [0.25, 0.3) is 22.3 Å². The molecule has 0 amide bonds. The molecule has 2 aromatic heterocycles. The smallest absolute Gasteiger partial charge is 0.378 e. The SMILES string of the molecule is CC(C)(c1ccc(F)cc1)c1nc(-c2cn(Cc3ccc(C(F)(F)F)cc3)c3cc(N4CCOCC4)c(F)cc3c2=O)no1. The van der Waals surface area contributed by atoms with Crippen molar-refractivity contribution >= 4 is 16.6 Å². The molecule has 0 saturated carbocycles. The van der Waals surface area contributed by atoms with Gasteiger partial charge in [0.2, 0.25) is 17.1 Å². The van der Waals surface area contributed by atoms with Gasteiger partial charge in [-0.1, -0.05) is 29.4 Å². The lowest BCUT2D eigenvalue weighted by Gasteiger charge is -2.29. The van der Waals surface area contributed by atoms with Crippen molar-refractivity contribution in [3.05, 3.63) is 111 Å². The van der Waals surface area contributed by atoms with Gasteiger partial charge in [0, 0.05) is 31.2 Å². The number of nitrogens with zero attached hydrogens (tertiary/aromatic N) is 4. The number of hydrogen-bond acceptors (Lipinski definition) is 6. The zero-order valence-electron chi connectivity index (χ0n) is 23.8. The van der Waals surface area contributed by atoms with Gasteiger partial charge in [0.05, 0.1) is 41.0 Å². The second kappa shape index (κ2) is 11.2. The van der Waals surface area contributed by atoms with Crippen molar-refractivity contribution in [2.75, 3.05) is 31.2 Å².